The lowest BCUT2D eigenvalue weighted by molar-refractivity contribution is -0.222. The first kappa shape index (κ1) is 21.8. The van der Waals surface area contributed by atoms with Crippen LogP contribution in [0, 0.1) is 0 Å². The van der Waals surface area contributed by atoms with Gasteiger partial charge in [-0.15, -0.1) is 0 Å². The number of ether oxygens (including phenoxy) is 3. The Kier molecular flexibility index (Phi) is 11.6. The van der Waals surface area contributed by atoms with Crippen LogP contribution in [-0.4, -0.2) is 53.9 Å². The molecule has 0 amide bonds. The summed E-state index contributed by atoms with van der Waals surface area (Å²) >= 11 is 0. The van der Waals surface area contributed by atoms with Gasteiger partial charge >= 0.3 is 11.9 Å². The molecule has 7 heteroatoms. The lowest BCUT2D eigenvalue weighted by Gasteiger charge is -2.30. The number of hydrogen-bond acceptors (Lipinski definition) is 7. The van der Waals surface area contributed by atoms with E-state index in [9.17, 15) is 19.8 Å². The average molecular weight is 334 g/mol. The first-order chi connectivity index (χ1) is 10.9. The van der Waals surface area contributed by atoms with Gasteiger partial charge in [0, 0.05) is 20.0 Å². The highest BCUT2D eigenvalue weighted by Crippen LogP contribution is 2.15. The van der Waals surface area contributed by atoms with E-state index in [0.29, 0.717) is 12.8 Å². The molecule has 0 aromatic rings. The third-order valence-electron chi connectivity index (χ3n) is 3.31. The van der Waals surface area contributed by atoms with E-state index in [1.54, 1.807) is 0 Å². The summed E-state index contributed by atoms with van der Waals surface area (Å²) in [6.07, 6.45) is -1.77. The molecule has 0 bridgehead atoms. The normalized spacial score (nSPS) is 16.3. The summed E-state index contributed by atoms with van der Waals surface area (Å²) < 4.78 is 15.1. The van der Waals surface area contributed by atoms with Gasteiger partial charge in [0.1, 0.15) is 0 Å². The molecule has 0 radical (unpaired) electrons. The monoisotopic (exact) mass is 334 g/mol. The van der Waals surface area contributed by atoms with Crippen molar-refractivity contribution < 1.29 is 34.0 Å². The molecule has 23 heavy (non-hydrogen) atoms. The molecule has 0 unspecified atom stereocenters. The van der Waals surface area contributed by atoms with Crippen molar-refractivity contribution in [3.05, 3.63) is 0 Å². The Morgan fingerprint density at radius 3 is 1.83 bits per heavy atom. The SMILES string of the molecule is CCCCC(=O)O[C@@H](OC)[C@@H](O)[C@H](OC(=O)CCCC)[C@@H](C)O. The van der Waals surface area contributed by atoms with Gasteiger partial charge in [-0.2, -0.15) is 0 Å². The number of aliphatic hydroxyl groups is 2. The molecule has 136 valence electrons. The van der Waals surface area contributed by atoms with E-state index < -0.39 is 36.5 Å². The predicted octanol–water partition coefficient (Wildman–Crippen LogP) is 1.54. The van der Waals surface area contributed by atoms with Crippen LogP contribution in [0.4, 0.5) is 0 Å². The highest BCUT2D eigenvalue weighted by Gasteiger charge is 2.36. The van der Waals surface area contributed by atoms with E-state index in [0.717, 1.165) is 12.8 Å². The summed E-state index contributed by atoms with van der Waals surface area (Å²) in [4.78, 5) is 23.4. The molecule has 0 aromatic heterocycles. The number of esters is 2. The third kappa shape index (κ3) is 8.88. The van der Waals surface area contributed by atoms with Gasteiger partial charge in [0.2, 0.25) is 6.29 Å². The summed E-state index contributed by atoms with van der Waals surface area (Å²) in [7, 11) is 1.26. The van der Waals surface area contributed by atoms with Gasteiger partial charge in [-0.3, -0.25) is 9.59 Å². The Balaban J connectivity index is 4.73. The average Bonchev–Trinajstić information content (AvgIpc) is 2.52. The largest absolute Gasteiger partial charge is 0.457 e. The second-order valence-electron chi connectivity index (χ2n) is 5.49. The van der Waals surface area contributed by atoms with E-state index in [-0.39, 0.29) is 12.8 Å². The lowest BCUT2D eigenvalue weighted by Crippen LogP contribution is -2.48. The van der Waals surface area contributed by atoms with Crippen molar-refractivity contribution in [2.45, 2.75) is 83.9 Å². The highest BCUT2D eigenvalue weighted by atomic mass is 16.7. The van der Waals surface area contributed by atoms with Crippen molar-refractivity contribution in [3.63, 3.8) is 0 Å². The number of methoxy groups -OCH3 is 1. The lowest BCUT2D eigenvalue weighted by atomic mass is 10.1. The highest BCUT2D eigenvalue weighted by molar-refractivity contribution is 5.70. The van der Waals surface area contributed by atoms with Gasteiger partial charge in [-0.05, 0) is 19.8 Å². The number of unbranched alkanes of at least 4 members (excludes halogenated alkanes) is 2. The van der Waals surface area contributed by atoms with Crippen LogP contribution in [0.5, 0.6) is 0 Å². The molecule has 0 saturated carbocycles. The van der Waals surface area contributed by atoms with Crippen LogP contribution in [0.3, 0.4) is 0 Å². The topological polar surface area (TPSA) is 102 Å². The number of hydrogen-bond donors (Lipinski definition) is 2. The molecule has 7 nitrogen and oxygen atoms in total. The van der Waals surface area contributed by atoms with E-state index in [2.05, 4.69) is 0 Å². The maximum atomic E-state index is 11.7. The minimum absolute atomic E-state index is 0.195. The van der Waals surface area contributed by atoms with Crippen molar-refractivity contribution in [2.24, 2.45) is 0 Å². The first-order valence-electron chi connectivity index (χ1n) is 8.15. The molecular weight excluding hydrogens is 304 g/mol. The maximum Gasteiger partial charge on any atom is 0.308 e. The van der Waals surface area contributed by atoms with Crippen LogP contribution < -0.4 is 0 Å². The van der Waals surface area contributed by atoms with Crippen LogP contribution in [0.1, 0.15) is 59.3 Å². The minimum atomic E-state index is -1.48. The zero-order valence-electron chi connectivity index (χ0n) is 14.5. The predicted molar refractivity (Wildman–Crippen MR) is 83.5 cm³/mol. The summed E-state index contributed by atoms with van der Waals surface area (Å²) in [6, 6.07) is 0. The summed E-state index contributed by atoms with van der Waals surface area (Å²) in [6.45, 7) is 5.26. The van der Waals surface area contributed by atoms with Crippen LogP contribution in [0.15, 0.2) is 0 Å². The second-order valence-corrected chi connectivity index (χ2v) is 5.49. The Labute approximate surface area is 137 Å². The second kappa shape index (κ2) is 12.3. The van der Waals surface area contributed by atoms with Gasteiger partial charge in [-0.25, -0.2) is 0 Å². The molecule has 2 N–H and O–H groups in total. The van der Waals surface area contributed by atoms with Crippen molar-refractivity contribution >= 4 is 11.9 Å². The zero-order chi connectivity index (χ0) is 17.8. The smallest absolute Gasteiger partial charge is 0.308 e. The summed E-state index contributed by atoms with van der Waals surface area (Å²) in [5.74, 6) is -1.04. The van der Waals surface area contributed by atoms with Crippen molar-refractivity contribution in [3.8, 4) is 0 Å². The molecule has 0 rings (SSSR count). The Morgan fingerprint density at radius 1 is 0.957 bits per heavy atom. The van der Waals surface area contributed by atoms with Crippen molar-refractivity contribution in [2.75, 3.05) is 7.11 Å². The molecule has 0 aliphatic carbocycles. The van der Waals surface area contributed by atoms with E-state index >= 15 is 0 Å². The Morgan fingerprint density at radius 2 is 1.43 bits per heavy atom. The standard InChI is InChI=1S/C16H30O7/c1-5-7-9-12(18)22-15(11(3)17)14(20)16(21-4)23-13(19)10-8-6-2/h11,14-17,20H,5-10H2,1-4H3/t11-,14+,15-,16-/m1/s1. The van der Waals surface area contributed by atoms with Crippen molar-refractivity contribution in [1.29, 1.82) is 0 Å². The van der Waals surface area contributed by atoms with E-state index in [4.69, 9.17) is 14.2 Å². The van der Waals surface area contributed by atoms with E-state index in [1.165, 1.54) is 14.0 Å². The fourth-order valence-corrected chi connectivity index (χ4v) is 1.91. The van der Waals surface area contributed by atoms with Crippen molar-refractivity contribution in [1.82, 2.24) is 0 Å². The number of aliphatic hydroxyl groups excluding tert-OH is 2. The summed E-state index contributed by atoms with van der Waals surface area (Å²) in [5, 5.41) is 20.0. The molecule has 4 atom stereocenters. The van der Waals surface area contributed by atoms with E-state index in [1.807, 2.05) is 13.8 Å². The fourth-order valence-electron chi connectivity index (χ4n) is 1.91. The maximum absolute atomic E-state index is 11.7. The molecular formula is C16H30O7. The molecule has 0 aliphatic heterocycles. The van der Waals surface area contributed by atoms with Crippen LogP contribution >= 0.6 is 0 Å². The van der Waals surface area contributed by atoms with Crippen LogP contribution in [-0.2, 0) is 23.8 Å². The molecule has 0 aliphatic rings. The zero-order valence-corrected chi connectivity index (χ0v) is 14.5. The van der Waals surface area contributed by atoms with Crippen LogP contribution in [0.25, 0.3) is 0 Å². The number of carbonyl (C=O) groups excluding carboxylic acids is 2. The minimum Gasteiger partial charge on any atom is -0.457 e. The first-order valence-corrected chi connectivity index (χ1v) is 8.15. The van der Waals surface area contributed by atoms with Gasteiger partial charge in [0.05, 0.1) is 6.10 Å². The van der Waals surface area contributed by atoms with Gasteiger partial charge in [0.15, 0.2) is 12.2 Å². The molecule has 0 aromatic carbocycles. The van der Waals surface area contributed by atoms with Crippen LogP contribution in [0.2, 0.25) is 0 Å². The van der Waals surface area contributed by atoms with Gasteiger partial charge < -0.3 is 24.4 Å². The molecule has 0 heterocycles. The number of rotatable bonds is 12. The number of carbonyl (C=O) groups is 2. The molecule has 0 saturated heterocycles. The Hall–Kier alpha value is -1.18. The fraction of sp³-hybridized carbons (Fsp3) is 0.875. The summed E-state index contributed by atoms with van der Waals surface area (Å²) in [5.41, 5.74) is 0. The Bertz CT molecular complexity index is 343. The third-order valence-corrected chi connectivity index (χ3v) is 3.31. The van der Waals surface area contributed by atoms with Gasteiger partial charge in [0.25, 0.3) is 0 Å². The molecule has 0 fully saturated rings. The molecule has 0 spiro atoms. The van der Waals surface area contributed by atoms with Gasteiger partial charge in [-0.1, -0.05) is 26.7 Å². The quantitative estimate of drug-likeness (QED) is 0.412.